The predicted octanol–water partition coefficient (Wildman–Crippen LogP) is 7.84. The Morgan fingerprint density at radius 1 is 0.290 bits per heavy atom. The van der Waals surface area contributed by atoms with E-state index in [1.807, 2.05) is 36.7 Å². The van der Waals surface area contributed by atoms with E-state index in [-0.39, 0.29) is 0 Å². The van der Waals surface area contributed by atoms with Crippen molar-refractivity contribution in [3.05, 3.63) is 134 Å². The monoisotopic (exact) mass is 397 g/mol. The zero-order valence-electron chi connectivity index (χ0n) is 17.2. The van der Waals surface area contributed by atoms with Crippen LogP contribution in [0.4, 0.5) is 0 Å². The average Bonchev–Trinajstić information content (AvgIpc) is 3.17. The summed E-state index contributed by atoms with van der Waals surface area (Å²) in [6, 6.07) is 34.9. The van der Waals surface area contributed by atoms with E-state index >= 15 is 0 Å². The van der Waals surface area contributed by atoms with Gasteiger partial charge < -0.3 is 5.32 Å². The topological polar surface area (TPSA) is 12.0 Å². The van der Waals surface area contributed by atoms with Gasteiger partial charge in [0, 0.05) is 12.4 Å². The zero-order valence-corrected chi connectivity index (χ0v) is 17.2. The number of fused-ring (bicyclic) bond motifs is 8. The first kappa shape index (κ1) is 18.9. The maximum absolute atomic E-state index is 2.92. The van der Waals surface area contributed by atoms with Gasteiger partial charge >= 0.3 is 0 Å². The molecule has 31 heavy (non-hydrogen) atoms. The van der Waals surface area contributed by atoms with Gasteiger partial charge in [0.15, 0.2) is 0 Å². The third-order valence-corrected chi connectivity index (χ3v) is 5.59. The second kappa shape index (κ2) is 8.73. The average molecular weight is 398 g/mol. The lowest BCUT2D eigenvalue weighted by atomic mass is 9.81. The molecule has 0 saturated carbocycles. The number of allylic oxidation sites excluding steroid dienone is 4. The van der Waals surface area contributed by atoms with Crippen LogP contribution in [0.15, 0.2) is 134 Å². The third kappa shape index (κ3) is 3.74. The predicted molar refractivity (Wildman–Crippen MR) is 132 cm³/mol. The fourth-order valence-corrected chi connectivity index (χ4v) is 4.22. The maximum atomic E-state index is 2.92. The smallest absolute Gasteiger partial charge is 0.000442 e. The Morgan fingerprint density at radius 3 is 0.742 bits per heavy atom. The molecule has 1 heteroatoms. The molecule has 6 rings (SSSR count). The van der Waals surface area contributed by atoms with Gasteiger partial charge in [0.2, 0.25) is 0 Å². The second-order valence-electron chi connectivity index (χ2n) is 7.45. The Labute approximate surface area is 183 Å². The number of benzene rings is 4. The van der Waals surface area contributed by atoms with E-state index in [1.165, 1.54) is 44.5 Å². The van der Waals surface area contributed by atoms with E-state index < -0.39 is 0 Å². The van der Waals surface area contributed by atoms with E-state index in [2.05, 4.69) is 102 Å². The molecular formula is C30H23N. The molecule has 0 amide bonds. The highest BCUT2D eigenvalue weighted by Crippen LogP contribution is 2.47. The van der Waals surface area contributed by atoms with E-state index in [1.54, 1.807) is 0 Å². The van der Waals surface area contributed by atoms with Crippen molar-refractivity contribution in [2.75, 3.05) is 0 Å². The molecule has 0 radical (unpaired) electrons. The molecule has 4 aromatic carbocycles. The van der Waals surface area contributed by atoms with Crippen LogP contribution in [0.3, 0.4) is 0 Å². The lowest BCUT2D eigenvalue weighted by Gasteiger charge is -2.22. The first-order valence-corrected chi connectivity index (χ1v) is 10.6. The van der Waals surface area contributed by atoms with E-state index in [9.17, 15) is 0 Å². The van der Waals surface area contributed by atoms with Gasteiger partial charge in [-0.2, -0.15) is 0 Å². The molecule has 1 heterocycles. The van der Waals surface area contributed by atoms with Crippen molar-refractivity contribution in [2.24, 2.45) is 0 Å². The second-order valence-corrected chi connectivity index (χ2v) is 7.45. The van der Waals surface area contributed by atoms with Gasteiger partial charge in [-0.05, 0) is 56.7 Å². The molecule has 2 aliphatic rings. The lowest BCUT2D eigenvalue weighted by Crippen LogP contribution is -1.96. The molecule has 0 spiro atoms. The summed E-state index contributed by atoms with van der Waals surface area (Å²) in [5, 5.41) is 2.92. The summed E-state index contributed by atoms with van der Waals surface area (Å²) in [4.78, 5) is 0. The van der Waals surface area contributed by atoms with Crippen LogP contribution in [0.5, 0.6) is 0 Å². The van der Waals surface area contributed by atoms with Gasteiger partial charge in [0.1, 0.15) is 0 Å². The normalized spacial score (nSPS) is 12.4. The van der Waals surface area contributed by atoms with Gasteiger partial charge in [-0.15, -0.1) is 0 Å². The van der Waals surface area contributed by atoms with Crippen molar-refractivity contribution in [3.63, 3.8) is 0 Å². The number of nitrogens with one attached hydrogen (secondary N) is 1. The van der Waals surface area contributed by atoms with Gasteiger partial charge in [-0.1, -0.05) is 109 Å². The Hall–Kier alpha value is -4.10. The first-order valence-electron chi connectivity index (χ1n) is 10.6. The molecule has 1 N–H and O–H groups in total. The fourth-order valence-electron chi connectivity index (χ4n) is 4.22. The van der Waals surface area contributed by atoms with Crippen LogP contribution in [0.1, 0.15) is 0 Å². The molecule has 0 saturated heterocycles. The lowest BCUT2D eigenvalue weighted by molar-refractivity contribution is 1.20. The SMILES string of the molecule is C1=CC=CNC=C1.c1ccc2c(c1)-c1ccccc1-c1ccccc1-c1ccccc1-2. The highest BCUT2D eigenvalue weighted by molar-refractivity contribution is 6.02. The highest BCUT2D eigenvalue weighted by atomic mass is 14.8. The summed E-state index contributed by atoms with van der Waals surface area (Å²) in [6.45, 7) is 0. The molecule has 1 aliphatic carbocycles. The van der Waals surface area contributed by atoms with Crippen molar-refractivity contribution in [1.82, 2.24) is 5.32 Å². The van der Waals surface area contributed by atoms with Crippen LogP contribution in [0.25, 0.3) is 44.5 Å². The summed E-state index contributed by atoms with van der Waals surface area (Å²) in [7, 11) is 0. The van der Waals surface area contributed by atoms with E-state index in [4.69, 9.17) is 0 Å². The minimum atomic E-state index is 1.30. The zero-order chi connectivity index (χ0) is 20.9. The van der Waals surface area contributed by atoms with Gasteiger partial charge in [-0.3, -0.25) is 0 Å². The van der Waals surface area contributed by atoms with E-state index in [0.717, 1.165) is 0 Å². The minimum Gasteiger partial charge on any atom is -0.368 e. The molecule has 148 valence electrons. The van der Waals surface area contributed by atoms with Crippen LogP contribution >= 0.6 is 0 Å². The van der Waals surface area contributed by atoms with Crippen molar-refractivity contribution in [1.29, 1.82) is 0 Å². The summed E-state index contributed by atoms with van der Waals surface area (Å²) in [6.07, 6.45) is 11.6. The number of rotatable bonds is 0. The molecule has 0 aromatic heterocycles. The molecule has 0 unspecified atom stereocenters. The highest BCUT2D eigenvalue weighted by Gasteiger charge is 2.20. The third-order valence-electron chi connectivity index (χ3n) is 5.59. The number of hydrogen-bond acceptors (Lipinski definition) is 1. The number of hydrogen-bond donors (Lipinski definition) is 1. The maximum Gasteiger partial charge on any atom is 0.000442 e. The summed E-state index contributed by atoms with van der Waals surface area (Å²) in [5.74, 6) is 0. The molecule has 4 aromatic rings. The molecule has 0 bridgehead atoms. The Morgan fingerprint density at radius 2 is 0.516 bits per heavy atom. The van der Waals surface area contributed by atoms with Gasteiger partial charge in [-0.25, -0.2) is 0 Å². The van der Waals surface area contributed by atoms with Crippen LogP contribution in [0, 0.1) is 0 Å². The first-order chi connectivity index (χ1) is 15.4. The van der Waals surface area contributed by atoms with Crippen LogP contribution in [-0.2, 0) is 0 Å². The van der Waals surface area contributed by atoms with Crippen LogP contribution < -0.4 is 5.32 Å². The Balaban J connectivity index is 0.000000250. The summed E-state index contributed by atoms with van der Waals surface area (Å²) in [5.41, 5.74) is 10.4. The molecule has 0 fully saturated rings. The quantitative estimate of drug-likeness (QED) is 0.281. The standard InChI is InChI=1S/C24H16.C6H7N/c1-2-10-18-17(9-1)19-11-3-4-13-21(19)23-15-7-8-16-24(23)22-14-6-5-12-20(18)22;1-2-4-6-7-5-3-1/h1-16H;1-7H. The molecular weight excluding hydrogens is 374 g/mol. The molecule has 1 nitrogen and oxygen atoms in total. The minimum absolute atomic E-state index is 1.30. The van der Waals surface area contributed by atoms with Crippen molar-refractivity contribution >= 4 is 0 Å². The van der Waals surface area contributed by atoms with Gasteiger partial charge in [0.25, 0.3) is 0 Å². The summed E-state index contributed by atoms with van der Waals surface area (Å²) >= 11 is 0. The van der Waals surface area contributed by atoms with Crippen LogP contribution in [-0.4, -0.2) is 0 Å². The molecule has 1 aliphatic heterocycles. The van der Waals surface area contributed by atoms with E-state index in [0.29, 0.717) is 0 Å². The Bertz CT molecular complexity index is 1010. The van der Waals surface area contributed by atoms with Crippen molar-refractivity contribution < 1.29 is 0 Å². The van der Waals surface area contributed by atoms with Crippen molar-refractivity contribution in [2.45, 2.75) is 0 Å². The largest absolute Gasteiger partial charge is 0.368 e. The fraction of sp³-hybridized carbons (Fsp3) is 0. The Kier molecular flexibility index (Phi) is 5.32. The van der Waals surface area contributed by atoms with Crippen molar-refractivity contribution in [3.8, 4) is 44.5 Å². The van der Waals surface area contributed by atoms with Crippen LogP contribution in [0.2, 0.25) is 0 Å². The van der Waals surface area contributed by atoms with Gasteiger partial charge in [0.05, 0.1) is 0 Å². The molecule has 0 atom stereocenters. The summed E-state index contributed by atoms with van der Waals surface area (Å²) < 4.78 is 0.